The lowest BCUT2D eigenvalue weighted by Gasteiger charge is -2.01. The van der Waals surface area contributed by atoms with E-state index in [0.29, 0.717) is 12.2 Å². The number of rotatable bonds is 3. The summed E-state index contributed by atoms with van der Waals surface area (Å²) in [6, 6.07) is 15.7. The predicted molar refractivity (Wildman–Crippen MR) is 92.0 cm³/mol. The number of esters is 1. The number of hydrogen-bond donors (Lipinski definition) is 0. The molecule has 0 atom stereocenters. The van der Waals surface area contributed by atoms with Crippen LogP contribution in [0.5, 0.6) is 0 Å². The number of benzene rings is 2. The Hall–Kier alpha value is -2.66. The SMILES string of the molecule is CCOC(=O)c1ccc2c(c1)sc1nc(-c3ccccc3)cn12. The molecule has 0 N–H and O–H groups in total. The highest BCUT2D eigenvalue weighted by atomic mass is 32.1. The van der Waals surface area contributed by atoms with Gasteiger partial charge in [-0.1, -0.05) is 41.7 Å². The summed E-state index contributed by atoms with van der Waals surface area (Å²) in [7, 11) is 0. The van der Waals surface area contributed by atoms with Crippen molar-refractivity contribution in [3.63, 3.8) is 0 Å². The molecule has 0 unspecified atom stereocenters. The van der Waals surface area contributed by atoms with Crippen LogP contribution in [0.15, 0.2) is 54.7 Å². The number of aromatic nitrogens is 2. The average molecular weight is 322 g/mol. The summed E-state index contributed by atoms with van der Waals surface area (Å²) in [5.41, 5.74) is 3.67. The fourth-order valence-electron chi connectivity index (χ4n) is 2.59. The first-order valence-corrected chi connectivity index (χ1v) is 8.22. The van der Waals surface area contributed by atoms with Crippen molar-refractivity contribution in [2.24, 2.45) is 0 Å². The molecule has 114 valence electrons. The largest absolute Gasteiger partial charge is 0.462 e. The van der Waals surface area contributed by atoms with Gasteiger partial charge in [0.25, 0.3) is 0 Å². The van der Waals surface area contributed by atoms with Gasteiger partial charge in [-0.3, -0.25) is 4.40 Å². The molecule has 0 saturated heterocycles. The highest BCUT2D eigenvalue weighted by Crippen LogP contribution is 2.30. The normalized spacial score (nSPS) is 11.2. The molecule has 2 aromatic heterocycles. The first-order valence-electron chi connectivity index (χ1n) is 7.40. The van der Waals surface area contributed by atoms with Gasteiger partial charge in [0.2, 0.25) is 0 Å². The van der Waals surface area contributed by atoms with E-state index in [9.17, 15) is 4.79 Å². The van der Waals surface area contributed by atoms with Crippen molar-refractivity contribution in [3.05, 3.63) is 60.3 Å². The highest BCUT2D eigenvalue weighted by Gasteiger charge is 2.13. The van der Waals surface area contributed by atoms with Crippen molar-refractivity contribution in [2.75, 3.05) is 6.61 Å². The monoisotopic (exact) mass is 322 g/mol. The molecule has 23 heavy (non-hydrogen) atoms. The molecule has 0 bridgehead atoms. The Morgan fingerprint density at radius 1 is 1.22 bits per heavy atom. The zero-order valence-electron chi connectivity index (χ0n) is 12.5. The van der Waals surface area contributed by atoms with E-state index < -0.39 is 0 Å². The zero-order valence-corrected chi connectivity index (χ0v) is 13.3. The first kappa shape index (κ1) is 14.0. The van der Waals surface area contributed by atoms with E-state index >= 15 is 0 Å². The smallest absolute Gasteiger partial charge is 0.338 e. The van der Waals surface area contributed by atoms with E-state index in [0.717, 1.165) is 26.4 Å². The van der Waals surface area contributed by atoms with Crippen molar-refractivity contribution < 1.29 is 9.53 Å². The van der Waals surface area contributed by atoms with Crippen LogP contribution in [0.1, 0.15) is 17.3 Å². The van der Waals surface area contributed by atoms with Crippen LogP contribution >= 0.6 is 11.3 Å². The molecule has 2 aromatic carbocycles. The molecule has 0 fully saturated rings. The summed E-state index contributed by atoms with van der Waals surface area (Å²) in [4.78, 5) is 17.5. The molecule has 4 rings (SSSR count). The molecule has 0 saturated carbocycles. The number of nitrogens with zero attached hydrogens (tertiary/aromatic N) is 2. The molecule has 4 nitrogen and oxygen atoms in total. The second-order valence-corrected chi connectivity index (χ2v) is 6.16. The summed E-state index contributed by atoms with van der Waals surface area (Å²) < 4.78 is 8.14. The van der Waals surface area contributed by atoms with E-state index in [1.807, 2.05) is 48.7 Å². The van der Waals surface area contributed by atoms with Crippen LogP contribution in [0.2, 0.25) is 0 Å². The van der Waals surface area contributed by atoms with Crippen molar-refractivity contribution in [1.82, 2.24) is 9.38 Å². The molecule has 0 spiro atoms. The summed E-state index contributed by atoms with van der Waals surface area (Å²) >= 11 is 1.57. The molecule has 4 aromatic rings. The number of thiazole rings is 1. The lowest BCUT2D eigenvalue weighted by Crippen LogP contribution is -2.03. The predicted octanol–water partition coefficient (Wildman–Crippen LogP) is 4.39. The molecule has 0 radical (unpaired) electrons. The van der Waals surface area contributed by atoms with E-state index in [2.05, 4.69) is 4.40 Å². The van der Waals surface area contributed by atoms with Gasteiger partial charge in [-0.15, -0.1) is 0 Å². The molecule has 0 aliphatic heterocycles. The zero-order chi connectivity index (χ0) is 15.8. The first-order chi connectivity index (χ1) is 11.3. The summed E-state index contributed by atoms with van der Waals surface area (Å²) in [6.07, 6.45) is 2.04. The van der Waals surface area contributed by atoms with Crippen LogP contribution in [0.3, 0.4) is 0 Å². The second kappa shape index (κ2) is 5.52. The molecular weight excluding hydrogens is 308 g/mol. The van der Waals surface area contributed by atoms with Gasteiger partial charge in [-0.2, -0.15) is 0 Å². The van der Waals surface area contributed by atoms with E-state index in [1.54, 1.807) is 24.3 Å². The molecule has 5 heteroatoms. The number of fused-ring (bicyclic) bond motifs is 3. The molecule has 0 aliphatic carbocycles. The van der Waals surface area contributed by atoms with E-state index in [4.69, 9.17) is 9.72 Å². The molecule has 0 amide bonds. The van der Waals surface area contributed by atoms with Crippen molar-refractivity contribution in [1.29, 1.82) is 0 Å². The van der Waals surface area contributed by atoms with Crippen molar-refractivity contribution in [3.8, 4) is 11.3 Å². The minimum Gasteiger partial charge on any atom is -0.462 e. The van der Waals surface area contributed by atoms with E-state index in [1.165, 1.54) is 0 Å². The third kappa shape index (κ3) is 2.39. The van der Waals surface area contributed by atoms with Crippen LogP contribution in [0.4, 0.5) is 0 Å². The maximum atomic E-state index is 11.8. The maximum absolute atomic E-state index is 11.8. The summed E-state index contributed by atoms with van der Waals surface area (Å²) in [5, 5.41) is 0. The molecular formula is C18H14N2O2S. The quantitative estimate of drug-likeness (QED) is 0.525. The number of imidazole rings is 1. The number of carbonyl (C=O) groups excluding carboxylic acids is 1. The highest BCUT2D eigenvalue weighted by molar-refractivity contribution is 7.23. The fraction of sp³-hybridized carbons (Fsp3) is 0.111. The van der Waals surface area contributed by atoms with Crippen LogP contribution in [-0.2, 0) is 4.74 Å². The Morgan fingerprint density at radius 3 is 2.83 bits per heavy atom. The third-order valence-corrected chi connectivity index (χ3v) is 4.69. The average Bonchev–Trinajstić information content (AvgIpc) is 3.13. The summed E-state index contributed by atoms with van der Waals surface area (Å²) in [6.45, 7) is 2.19. The number of ether oxygens (including phenoxy) is 1. The number of carbonyl (C=O) groups is 1. The lowest BCUT2D eigenvalue weighted by atomic mass is 10.2. The van der Waals surface area contributed by atoms with Gasteiger partial charge in [0.1, 0.15) is 0 Å². The molecule has 2 heterocycles. The van der Waals surface area contributed by atoms with Crippen molar-refractivity contribution in [2.45, 2.75) is 6.92 Å². The van der Waals surface area contributed by atoms with Gasteiger partial charge in [0.15, 0.2) is 4.96 Å². The Labute approximate surface area is 137 Å². The third-order valence-electron chi connectivity index (χ3n) is 3.67. The Kier molecular flexibility index (Phi) is 3.35. The van der Waals surface area contributed by atoms with Crippen LogP contribution < -0.4 is 0 Å². The van der Waals surface area contributed by atoms with Crippen molar-refractivity contribution >= 4 is 32.5 Å². The Morgan fingerprint density at radius 2 is 2.04 bits per heavy atom. The second-order valence-electron chi connectivity index (χ2n) is 5.15. The van der Waals surface area contributed by atoms with Gasteiger partial charge < -0.3 is 4.74 Å². The van der Waals surface area contributed by atoms with Gasteiger partial charge >= 0.3 is 5.97 Å². The fourth-order valence-corrected chi connectivity index (χ4v) is 3.64. The number of hydrogen-bond acceptors (Lipinski definition) is 4. The summed E-state index contributed by atoms with van der Waals surface area (Å²) in [5.74, 6) is -0.287. The van der Waals surface area contributed by atoms with E-state index in [-0.39, 0.29) is 5.97 Å². The van der Waals surface area contributed by atoms with Gasteiger partial charge in [-0.05, 0) is 25.1 Å². The van der Waals surface area contributed by atoms with Gasteiger partial charge in [0, 0.05) is 11.8 Å². The maximum Gasteiger partial charge on any atom is 0.338 e. The molecule has 0 aliphatic rings. The van der Waals surface area contributed by atoms with Crippen LogP contribution in [0, 0.1) is 0 Å². The Balaban J connectivity index is 1.81. The minimum absolute atomic E-state index is 0.287. The Bertz CT molecular complexity index is 1000. The standard InChI is InChI=1S/C18H14N2O2S/c1-2-22-17(21)13-8-9-15-16(10-13)23-18-19-14(11-20(15)18)12-6-4-3-5-7-12/h3-11H,2H2,1H3. The van der Waals surface area contributed by atoms with Crippen LogP contribution in [-0.4, -0.2) is 22.0 Å². The van der Waals surface area contributed by atoms with Crippen LogP contribution in [0.25, 0.3) is 26.4 Å². The van der Waals surface area contributed by atoms with Gasteiger partial charge in [-0.25, -0.2) is 9.78 Å². The van der Waals surface area contributed by atoms with Gasteiger partial charge in [0.05, 0.1) is 28.1 Å². The lowest BCUT2D eigenvalue weighted by molar-refractivity contribution is 0.0526. The topological polar surface area (TPSA) is 43.6 Å². The minimum atomic E-state index is -0.287.